The zero-order valence-electron chi connectivity index (χ0n) is 19.1. The van der Waals surface area contributed by atoms with E-state index in [-0.39, 0.29) is 11.5 Å². The summed E-state index contributed by atoms with van der Waals surface area (Å²) in [5.41, 5.74) is 0.515. The molecule has 3 rings (SSSR count). The molecule has 1 aromatic rings. The Morgan fingerprint density at radius 3 is 2.36 bits per heavy atom. The molecule has 10 atom stereocenters. The molecule has 0 spiro atoms. The molecule has 202 valence electrons. The molecule has 14 nitrogen and oxygen atoms in total. The zero-order valence-corrected chi connectivity index (χ0v) is 19.1. The summed E-state index contributed by atoms with van der Waals surface area (Å²) in [5.74, 6) is -0.729. The summed E-state index contributed by atoms with van der Waals surface area (Å²) in [6.45, 7) is -1.30. The van der Waals surface area contributed by atoms with E-state index in [1.165, 1.54) is 31.4 Å². The Labute approximate surface area is 205 Å². The molecule has 0 amide bonds. The number of aromatic hydroxyl groups is 1. The zero-order chi connectivity index (χ0) is 26.6. The van der Waals surface area contributed by atoms with Gasteiger partial charge in [0.15, 0.2) is 24.1 Å². The van der Waals surface area contributed by atoms with Crippen molar-refractivity contribution in [2.45, 2.75) is 61.4 Å². The van der Waals surface area contributed by atoms with Gasteiger partial charge in [0.05, 0.1) is 13.7 Å². The van der Waals surface area contributed by atoms with E-state index in [0.717, 1.165) is 6.08 Å². The molecular weight excluding hydrogens is 488 g/mol. The average molecular weight is 518 g/mol. The van der Waals surface area contributed by atoms with E-state index < -0.39 is 80.6 Å². The summed E-state index contributed by atoms with van der Waals surface area (Å²) in [4.78, 5) is 12.1. The van der Waals surface area contributed by atoms with Gasteiger partial charge < -0.3 is 64.5 Å². The van der Waals surface area contributed by atoms with Gasteiger partial charge in [0, 0.05) is 6.08 Å². The van der Waals surface area contributed by atoms with Gasteiger partial charge in [0.2, 0.25) is 0 Å². The summed E-state index contributed by atoms with van der Waals surface area (Å²) < 4.78 is 25.9. The Kier molecular flexibility index (Phi) is 9.59. The van der Waals surface area contributed by atoms with Crippen LogP contribution in [0.1, 0.15) is 5.56 Å². The molecule has 0 saturated carbocycles. The van der Waals surface area contributed by atoms with Gasteiger partial charge in [-0.25, -0.2) is 4.79 Å². The third-order valence-corrected chi connectivity index (χ3v) is 5.80. The van der Waals surface area contributed by atoms with Crippen molar-refractivity contribution in [3.05, 3.63) is 29.8 Å². The number of ether oxygens (including phenoxy) is 5. The van der Waals surface area contributed by atoms with Crippen LogP contribution in [-0.4, -0.2) is 129 Å². The molecule has 2 fully saturated rings. The maximum atomic E-state index is 12.1. The Morgan fingerprint density at radius 2 is 1.69 bits per heavy atom. The van der Waals surface area contributed by atoms with E-state index >= 15 is 0 Å². The number of carbonyl (C=O) groups excluding carboxylic acids is 1. The first-order valence-electron chi connectivity index (χ1n) is 10.9. The summed E-state index contributed by atoms with van der Waals surface area (Å²) in [7, 11) is 1.37. The standard InChI is InChI=1S/C22H30O14/c1-32-11-6-9(2-4-10(11)24)3-5-14(25)33-8-13-15(26)16(27)19(30)22(35-13)36-20-12(7-23)34-21(31)18(29)17(20)28/h2-6,12-13,15-24,26-31H,7-8H2,1H3/b5-3+/t12-,13-,15+,16+,17-,18-,19-,20+,21?,22+/m1/s1. The number of benzene rings is 1. The van der Waals surface area contributed by atoms with Crippen LogP contribution in [0.15, 0.2) is 24.3 Å². The first-order valence-corrected chi connectivity index (χ1v) is 10.9. The normalized spacial score (nSPS) is 37.1. The van der Waals surface area contributed by atoms with Gasteiger partial charge in [-0.3, -0.25) is 0 Å². The third kappa shape index (κ3) is 6.30. The molecule has 2 heterocycles. The number of rotatable bonds is 8. The lowest BCUT2D eigenvalue weighted by Gasteiger charge is -2.45. The highest BCUT2D eigenvalue weighted by Gasteiger charge is 2.50. The molecule has 36 heavy (non-hydrogen) atoms. The molecular formula is C22H30O14. The molecule has 14 heteroatoms. The van der Waals surface area contributed by atoms with E-state index in [4.69, 9.17) is 23.7 Å². The van der Waals surface area contributed by atoms with Crippen LogP contribution in [0.5, 0.6) is 11.5 Å². The highest BCUT2D eigenvalue weighted by atomic mass is 16.7. The van der Waals surface area contributed by atoms with E-state index in [2.05, 4.69) is 0 Å². The Bertz CT molecular complexity index is 907. The number of aliphatic hydroxyl groups excluding tert-OH is 7. The number of esters is 1. The first-order chi connectivity index (χ1) is 17.1. The maximum Gasteiger partial charge on any atom is 0.330 e. The summed E-state index contributed by atoms with van der Waals surface area (Å²) in [6.07, 6.45) is -14.1. The van der Waals surface area contributed by atoms with Crippen LogP contribution in [0.3, 0.4) is 0 Å². The fourth-order valence-electron chi connectivity index (χ4n) is 3.73. The van der Waals surface area contributed by atoms with E-state index in [1.807, 2.05) is 0 Å². The molecule has 2 aliphatic rings. The monoisotopic (exact) mass is 518 g/mol. The maximum absolute atomic E-state index is 12.1. The summed E-state index contributed by atoms with van der Waals surface area (Å²) in [6, 6.07) is 4.37. The number of hydrogen-bond donors (Lipinski definition) is 8. The molecule has 8 N–H and O–H groups in total. The van der Waals surface area contributed by atoms with Crippen molar-refractivity contribution in [1.82, 2.24) is 0 Å². The lowest BCUT2D eigenvalue weighted by atomic mass is 9.97. The van der Waals surface area contributed by atoms with Gasteiger partial charge in [0.1, 0.15) is 55.4 Å². The summed E-state index contributed by atoms with van der Waals surface area (Å²) in [5, 5.41) is 79.4. The SMILES string of the molecule is COc1cc(/C=C/C(=O)OC[C@H]2O[C@@H](O[C@@H]3[C@H](O)[C@@H](O)C(O)O[C@@H]3CO)[C@H](O)[C@@H](O)[C@H]2O)ccc1O. The quantitative estimate of drug-likeness (QED) is 0.124. The predicted octanol–water partition coefficient (Wildman–Crippen LogP) is -3.42. The van der Waals surface area contributed by atoms with E-state index in [9.17, 15) is 45.6 Å². The van der Waals surface area contributed by atoms with Crippen molar-refractivity contribution >= 4 is 12.0 Å². The number of phenols is 1. The van der Waals surface area contributed by atoms with Gasteiger partial charge in [-0.15, -0.1) is 0 Å². The van der Waals surface area contributed by atoms with Gasteiger partial charge in [-0.2, -0.15) is 0 Å². The van der Waals surface area contributed by atoms with Crippen LogP contribution in [0.2, 0.25) is 0 Å². The van der Waals surface area contributed by atoms with Crippen molar-refractivity contribution in [2.24, 2.45) is 0 Å². The van der Waals surface area contributed by atoms with Crippen molar-refractivity contribution in [1.29, 1.82) is 0 Å². The number of carbonyl (C=O) groups is 1. The lowest BCUT2D eigenvalue weighted by molar-refractivity contribution is -0.355. The smallest absolute Gasteiger partial charge is 0.330 e. The van der Waals surface area contributed by atoms with Crippen molar-refractivity contribution < 1.29 is 69.3 Å². The van der Waals surface area contributed by atoms with Crippen LogP contribution in [0.4, 0.5) is 0 Å². The average Bonchev–Trinajstić information content (AvgIpc) is 2.87. The minimum atomic E-state index is -1.83. The van der Waals surface area contributed by atoms with Crippen LogP contribution in [0, 0.1) is 0 Å². The first kappa shape index (κ1) is 28.2. The van der Waals surface area contributed by atoms with Crippen molar-refractivity contribution in [2.75, 3.05) is 20.3 Å². The molecule has 1 aromatic carbocycles. The van der Waals surface area contributed by atoms with E-state index in [1.54, 1.807) is 0 Å². The minimum Gasteiger partial charge on any atom is -0.504 e. The molecule has 2 saturated heterocycles. The Hall–Kier alpha value is -2.37. The fourth-order valence-corrected chi connectivity index (χ4v) is 3.73. The Morgan fingerprint density at radius 1 is 0.972 bits per heavy atom. The van der Waals surface area contributed by atoms with Crippen molar-refractivity contribution in [3.8, 4) is 11.5 Å². The number of aliphatic hydroxyl groups is 7. The third-order valence-electron chi connectivity index (χ3n) is 5.80. The minimum absolute atomic E-state index is 0.0820. The number of hydrogen-bond acceptors (Lipinski definition) is 14. The molecule has 1 unspecified atom stereocenters. The van der Waals surface area contributed by atoms with E-state index in [0.29, 0.717) is 5.56 Å². The van der Waals surface area contributed by atoms with Crippen LogP contribution < -0.4 is 4.74 Å². The predicted molar refractivity (Wildman–Crippen MR) is 116 cm³/mol. The van der Waals surface area contributed by atoms with Gasteiger partial charge >= 0.3 is 5.97 Å². The molecule has 0 bridgehead atoms. The van der Waals surface area contributed by atoms with Crippen LogP contribution in [0.25, 0.3) is 6.08 Å². The van der Waals surface area contributed by atoms with Gasteiger partial charge in [-0.1, -0.05) is 6.07 Å². The van der Waals surface area contributed by atoms with Crippen LogP contribution in [-0.2, 0) is 23.7 Å². The second-order valence-electron chi connectivity index (χ2n) is 8.24. The van der Waals surface area contributed by atoms with Gasteiger partial charge in [0.25, 0.3) is 0 Å². The number of phenolic OH excluding ortho intramolecular Hbond substituents is 1. The van der Waals surface area contributed by atoms with Gasteiger partial charge in [-0.05, 0) is 23.8 Å². The highest BCUT2D eigenvalue weighted by Crippen LogP contribution is 2.29. The van der Waals surface area contributed by atoms with Crippen molar-refractivity contribution in [3.63, 3.8) is 0 Å². The molecule has 0 radical (unpaired) electrons. The Balaban J connectivity index is 1.62. The second kappa shape index (κ2) is 12.2. The largest absolute Gasteiger partial charge is 0.504 e. The molecule has 0 aliphatic carbocycles. The molecule has 2 aliphatic heterocycles. The topological polar surface area (TPSA) is 225 Å². The molecule has 0 aromatic heterocycles. The lowest BCUT2D eigenvalue weighted by Crippen LogP contribution is -2.64. The second-order valence-corrected chi connectivity index (χ2v) is 8.24. The highest BCUT2D eigenvalue weighted by molar-refractivity contribution is 5.87. The fraction of sp³-hybridized carbons (Fsp3) is 0.591. The number of methoxy groups -OCH3 is 1. The summed E-state index contributed by atoms with van der Waals surface area (Å²) >= 11 is 0. The van der Waals surface area contributed by atoms with Crippen LogP contribution >= 0.6 is 0 Å².